The third-order valence-electron chi connectivity index (χ3n) is 2.13. The van der Waals surface area contributed by atoms with E-state index in [2.05, 4.69) is 0 Å². The Morgan fingerprint density at radius 3 is 2.73 bits per heavy atom. The number of rotatable bonds is 3. The standard InChI is InChI=1S/C12H13NO2/c1-3-12(14)15-11(8-13)10-7-5-4-6-9(10)2/h4-7,11H,3H2,1-2H3. The highest BCUT2D eigenvalue weighted by molar-refractivity contribution is 5.69. The Morgan fingerprint density at radius 1 is 1.53 bits per heavy atom. The van der Waals surface area contributed by atoms with Crippen molar-refractivity contribution in [3.05, 3.63) is 35.4 Å². The van der Waals surface area contributed by atoms with Crippen molar-refractivity contribution in [2.45, 2.75) is 26.4 Å². The van der Waals surface area contributed by atoms with Crippen LogP contribution in [0.1, 0.15) is 30.6 Å². The first-order valence-corrected chi connectivity index (χ1v) is 4.83. The average Bonchev–Trinajstić information content (AvgIpc) is 2.26. The molecule has 1 aromatic carbocycles. The summed E-state index contributed by atoms with van der Waals surface area (Å²) in [6.45, 7) is 3.59. The second-order valence-electron chi connectivity index (χ2n) is 3.21. The molecule has 0 aliphatic carbocycles. The molecular weight excluding hydrogens is 190 g/mol. The molecule has 1 aromatic rings. The Labute approximate surface area is 89.3 Å². The number of hydrogen-bond acceptors (Lipinski definition) is 3. The van der Waals surface area contributed by atoms with E-state index in [1.54, 1.807) is 13.0 Å². The normalized spacial score (nSPS) is 11.5. The molecule has 1 unspecified atom stereocenters. The highest BCUT2D eigenvalue weighted by Crippen LogP contribution is 2.20. The SMILES string of the molecule is CCC(=O)OC(C#N)c1ccccc1C. The number of carbonyl (C=O) groups is 1. The summed E-state index contributed by atoms with van der Waals surface area (Å²) in [5.74, 6) is -0.357. The van der Waals surface area contributed by atoms with Crippen LogP contribution in [0, 0.1) is 18.3 Å². The first-order valence-electron chi connectivity index (χ1n) is 4.83. The summed E-state index contributed by atoms with van der Waals surface area (Å²) in [5, 5.41) is 8.92. The van der Waals surface area contributed by atoms with Crippen molar-refractivity contribution in [1.29, 1.82) is 5.26 Å². The molecule has 1 atom stereocenters. The fourth-order valence-corrected chi connectivity index (χ4v) is 1.26. The van der Waals surface area contributed by atoms with Gasteiger partial charge in [0.05, 0.1) is 0 Å². The van der Waals surface area contributed by atoms with Crippen LogP contribution < -0.4 is 0 Å². The van der Waals surface area contributed by atoms with Crippen LogP contribution in [-0.4, -0.2) is 5.97 Å². The van der Waals surface area contributed by atoms with Crippen molar-refractivity contribution >= 4 is 5.97 Å². The first-order chi connectivity index (χ1) is 7.19. The largest absolute Gasteiger partial charge is 0.442 e. The number of carbonyl (C=O) groups excluding carboxylic acids is 1. The van der Waals surface area contributed by atoms with Crippen LogP contribution >= 0.6 is 0 Å². The number of ether oxygens (including phenoxy) is 1. The number of esters is 1. The predicted molar refractivity (Wildman–Crippen MR) is 55.9 cm³/mol. The molecule has 0 spiro atoms. The van der Waals surface area contributed by atoms with Crippen molar-refractivity contribution in [3.8, 4) is 6.07 Å². The van der Waals surface area contributed by atoms with Gasteiger partial charge in [-0.15, -0.1) is 0 Å². The van der Waals surface area contributed by atoms with Crippen LogP contribution in [0.25, 0.3) is 0 Å². The molecule has 0 aliphatic heterocycles. The minimum atomic E-state index is -0.793. The van der Waals surface area contributed by atoms with Crippen LogP contribution in [-0.2, 0) is 9.53 Å². The van der Waals surface area contributed by atoms with Crippen LogP contribution in [0.15, 0.2) is 24.3 Å². The summed E-state index contributed by atoms with van der Waals surface area (Å²) >= 11 is 0. The van der Waals surface area contributed by atoms with Gasteiger partial charge in [-0.3, -0.25) is 4.79 Å². The average molecular weight is 203 g/mol. The number of nitriles is 1. The van der Waals surface area contributed by atoms with E-state index in [0.717, 1.165) is 11.1 Å². The molecule has 0 bridgehead atoms. The highest BCUT2D eigenvalue weighted by atomic mass is 16.5. The molecule has 0 N–H and O–H groups in total. The van der Waals surface area contributed by atoms with E-state index in [1.165, 1.54) is 0 Å². The van der Waals surface area contributed by atoms with Gasteiger partial charge in [0.2, 0.25) is 6.10 Å². The molecule has 0 aromatic heterocycles. The van der Waals surface area contributed by atoms with E-state index in [1.807, 2.05) is 31.2 Å². The van der Waals surface area contributed by atoms with E-state index in [9.17, 15) is 4.79 Å². The second kappa shape index (κ2) is 5.16. The topological polar surface area (TPSA) is 50.1 Å². The lowest BCUT2D eigenvalue weighted by molar-refractivity contribution is -0.146. The Morgan fingerprint density at radius 2 is 2.20 bits per heavy atom. The summed E-state index contributed by atoms with van der Waals surface area (Å²) in [6, 6.07) is 9.38. The van der Waals surface area contributed by atoms with E-state index >= 15 is 0 Å². The summed E-state index contributed by atoms with van der Waals surface area (Å²) in [5.41, 5.74) is 1.70. The molecule has 15 heavy (non-hydrogen) atoms. The van der Waals surface area contributed by atoms with Gasteiger partial charge < -0.3 is 4.74 Å². The summed E-state index contributed by atoms with van der Waals surface area (Å²) in [4.78, 5) is 11.1. The highest BCUT2D eigenvalue weighted by Gasteiger charge is 2.16. The molecule has 0 heterocycles. The van der Waals surface area contributed by atoms with E-state index < -0.39 is 6.10 Å². The molecular formula is C12H13NO2. The predicted octanol–water partition coefficient (Wildman–Crippen LogP) is 2.51. The van der Waals surface area contributed by atoms with E-state index in [0.29, 0.717) is 0 Å². The van der Waals surface area contributed by atoms with Crippen molar-refractivity contribution in [2.24, 2.45) is 0 Å². The van der Waals surface area contributed by atoms with Crippen LogP contribution in [0.3, 0.4) is 0 Å². The maximum absolute atomic E-state index is 11.1. The van der Waals surface area contributed by atoms with Gasteiger partial charge in [-0.1, -0.05) is 31.2 Å². The van der Waals surface area contributed by atoms with E-state index in [-0.39, 0.29) is 12.4 Å². The Hall–Kier alpha value is -1.82. The van der Waals surface area contributed by atoms with Crippen molar-refractivity contribution in [1.82, 2.24) is 0 Å². The fraction of sp³-hybridized carbons (Fsp3) is 0.333. The quantitative estimate of drug-likeness (QED) is 0.709. The summed E-state index contributed by atoms with van der Waals surface area (Å²) < 4.78 is 5.02. The molecule has 78 valence electrons. The zero-order chi connectivity index (χ0) is 11.3. The Kier molecular flexibility index (Phi) is 3.87. The third-order valence-corrected chi connectivity index (χ3v) is 2.13. The van der Waals surface area contributed by atoms with Gasteiger partial charge in [0.15, 0.2) is 0 Å². The lowest BCUT2D eigenvalue weighted by atomic mass is 10.0. The fourth-order valence-electron chi connectivity index (χ4n) is 1.26. The van der Waals surface area contributed by atoms with E-state index in [4.69, 9.17) is 10.00 Å². The maximum atomic E-state index is 11.1. The monoisotopic (exact) mass is 203 g/mol. The number of benzene rings is 1. The van der Waals surface area contributed by atoms with Gasteiger partial charge in [0.1, 0.15) is 6.07 Å². The van der Waals surface area contributed by atoms with Crippen molar-refractivity contribution in [3.63, 3.8) is 0 Å². The van der Waals surface area contributed by atoms with Crippen LogP contribution in [0.2, 0.25) is 0 Å². The lowest BCUT2D eigenvalue weighted by Gasteiger charge is -2.12. The van der Waals surface area contributed by atoms with Crippen molar-refractivity contribution in [2.75, 3.05) is 0 Å². The van der Waals surface area contributed by atoms with Crippen LogP contribution in [0.4, 0.5) is 0 Å². The molecule has 0 amide bonds. The van der Waals surface area contributed by atoms with Crippen molar-refractivity contribution < 1.29 is 9.53 Å². The third kappa shape index (κ3) is 2.81. The molecule has 0 saturated heterocycles. The Bertz CT molecular complexity index is 393. The van der Waals surface area contributed by atoms with Gasteiger partial charge >= 0.3 is 5.97 Å². The molecule has 3 nitrogen and oxygen atoms in total. The first kappa shape index (κ1) is 11.3. The summed E-state index contributed by atoms with van der Waals surface area (Å²) in [6.07, 6.45) is -0.511. The van der Waals surface area contributed by atoms with Gasteiger partial charge in [-0.2, -0.15) is 5.26 Å². The van der Waals surface area contributed by atoms with Gasteiger partial charge in [-0.05, 0) is 12.5 Å². The number of aryl methyl sites for hydroxylation is 1. The molecule has 0 radical (unpaired) electrons. The smallest absolute Gasteiger partial charge is 0.307 e. The second-order valence-corrected chi connectivity index (χ2v) is 3.21. The molecule has 0 fully saturated rings. The van der Waals surface area contributed by atoms with Gasteiger partial charge in [-0.25, -0.2) is 0 Å². The number of hydrogen-bond donors (Lipinski definition) is 0. The van der Waals surface area contributed by atoms with Gasteiger partial charge in [0.25, 0.3) is 0 Å². The minimum Gasteiger partial charge on any atom is -0.442 e. The molecule has 3 heteroatoms. The minimum absolute atomic E-state index is 0.282. The lowest BCUT2D eigenvalue weighted by Crippen LogP contribution is -2.09. The van der Waals surface area contributed by atoms with Gasteiger partial charge in [0, 0.05) is 12.0 Å². The van der Waals surface area contributed by atoms with Crippen LogP contribution in [0.5, 0.6) is 0 Å². The zero-order valence-corrected chi connectivity index (χ0v) is 8.86. The number of nitrogens with zero attached hydrogens (tertiary/aromatic N) is 1. The maximum Gasteiger partial charge on any atom is 0.307 e. The summed E-state index contributed by atoms with van der Waals surface area (Å²) in [7, 11) is 0. The zero-order valence-electron chi connectivity index (χ0n) is 8.86. The molecule has 1 rings (SSSR count). The molecule has 0 saturated carbocycles. The molecule has 0 aliphatic rings. The Balaban J connectivity index is 2.89.